The minimum atomic E-state index is 0.193. The SMILES string of the molecule is NC12CC3CC1CC(c1ccccc1)(C3)C2. The van der Waals surface area contributed by atoms with Gasteiger partial charge in [-0.1, -0.05) is 30.3 Å². The first-order valence-corrected chi connectivity index (χ1v) is 6.55. The fraction of sp³-hybridized carbons (Fsp3) is 0.600. The topological polar surface area (TPSA) is 26.0 Å². The predicted molar refractivity (Wildman–Crippen MR) is 65.1 cm³/mol. The molecule has 1 nitrogen and oxygen atoms in total. The molecular weight excluding hydrogens is 194 g/mol. The summed E-state index contributed by atoms with van der Waals surface area (Å²) in [6, 6.07) is 11.1. The molecule has 4 unspecified atom stereocenters. The molecule has 4 atom stereocenters. The van der Waals surface area contributed by atoms with Crippen LogP contribution >= 0.6 is 0 Å². The summed E-state index contributed by atoms with van der Waals surface area (Å²) >= 11 is 0. The molecule has 84 valence electrons. The van der Waals surface area contributed by atoms with Crippen molar-refractivity contribution >= 4 is 0 Å². The number of rotatable bonds is 1. The highest BCUT2D eigenvalue weighted by Gasteiger charge is 2.62. The third-order valence-corrected chi connectivity index (χ3v) is 5.47. The van der Waals surface area contributed by atoms with Gasteiger partial charge in [0.05, 0.1) is 0 Å². The van der Waals surface area contributed by atoms with Gasteiger partial charge in [0.1, 0.15) is 0 Å². The molecule has 4 aliphatic rings. The number of benzene rings is 1. The van der Waals surface area contributed by atoms with Gasteiger partial charge in [0.15, 0.2) is 0 Å². The molecule has 5 rings (SSSR count). The highest BCUT2D eigenvalue weighted by Crippen LogP contribution is 2.65. The molecule has 16 heavy (non-hydrogen) atoms. The third-order valence-electron chi connectivity index (χ3n) is 5.47. The second-order valence-electron chi connectivity index (χ2n) is 6.47. The van der Waals surface area contributed by atoms with E-state index < -0.39 is 0 Å². The Labute approximate surface area is 97.0 Å². The Kier molecular flexibility index (Phi) is 1.56. The van der Waals surface area contributed by atoms with E-state index >= 15 is 0 Å². The fourth-order valence-corrected chi connectivity index (χ4v) is 5.09. The molecule has 1 aromatic rings. The standard InChI is InChI=1S/C15H19N/c16-15-8-11-6-13(15)9-14(7-11,10-15)12-4-2-1-3-5-12/h1-5,11,13H,6-10,16H2. The van der Waals surface area contributed by atoms with Gasteiger partial charge in [-0.25, -0.2) is 0 Å². The Morgan fingerprint density at radius 3 is 2.56 bits per heavy atom. The summed E-state index contributed by atoms with van der Waals surface area (Å²) in [5, 5.41) is 0. The van der Waals surface area contributed by atoms with Crippen molar-refractivity contribution in [3.05, 3.63) is 35.9 Å². The molecule has 4 saturated carbocycles. The van der Waals surface area contributed by atoms with Crippen molar-refractivity contribution in [1.82, 2.24) is 0 Å². The summed E-state index contributed by atoms with van der Waals surface area (Å²) in [5.41, 5.74) is 8.80. The second-order valence-corrected chi connectivity index (χ2v) is 6.47. The van der Waals surface area contributed by atoms with Crippen LogP contribution < -0.4 is 5.73 Å². The molecule has 0 radical (unpaired) electrons. The van der Waals surface area contributed by atoms with Crippen molar-refractivity contribution in [2.45, 2.75) is 43.1 Å². The van der Waals surface area contributed by atoms with Gasteiger partial charge in [-0.3, -0.25) is 0 Å². The van der Waals surface area contributed by atoms with E-state index in [1.807, 2.05) is 0 Å². The second kappa shape index (κ2) is 2.70. The first-order valence-electron chi connectivity index (χ1n) is 6.55. The van der Waals surface area contributed by atoms with Crippen molar-refractivity contribution in [1.29, 1.82) is 0 Å². The van der Waals surface area contributed by atoms with Gasteiger partial charge in [0.2, 0.25) is 0 Å². The smallest absolute Gasteiger partial charge is 0.0194 e. The van der Waals surface area contributed by atoms with Crippen LogP contribution in [0.1, 0.15) is 37.7 Å². The molecule has 0 spiro atoms. The van der Waals surface area contributed by atoms with Crippen LogP contribution in [0.5, 0.6) is 0 Å². The first-order chi connectivity index (χ1) is 7.70. The highest BCUT2D eigenvalue weighted by molar-refractivity contribution is 5.34. The van der Waals surface area contributed by atoms with Crippen LogP contribution in [-0.2, 0) is 5.41 Å². The lowest BCUT2D eigenvalue weighted by atomic mass is 9.65. The van der Waals surface area contributed by atoms with Gasteiger partial charge < -0.3 is 5.73 Å². The van der Waals surface area contributed by atoms with Gasteiger partial charge in [-0.2, -0.15) is 0 Å². The molecular formula is C15H19N. The van der Waals surface area contributed by atoms with Gasteiger partial charge in [-0.15, -0.1) is 0 Å². The molecule has 0 aromatic heterocycles. The third kappa shape index (κ3) is 1.00. The summed E-state index contributed by atoms with van der Waals surface area (Å²) in [5.74, 6) is 1.73. The minimum Gasteiger partial charge on any atom is -0.325 e. The summed E-state index contributed by atoms with van der Waals surface area (Å²) in [6.45, 7) is 0. The lowest BCUT2D eigenvalue weighted by Crippen LogP contribution is -2.43. The Morgan fingerprint density at radius 1 is 1.06 bits per heavy atom. The van der Waals surface area contributed by atoms with Crippen LogP contribution in [0.3, 0.4) is 0 Å². The Balaban J connectivity index is 1.81. The van der Waals surface area contributed by atoms with Gasteiger partial charge in [-0.05, 0) is 54.9 Å². The highest BCUT2D eigenvalue weighted by atomic mass is 14.9. The summed E-state index contributed by atoms with van der Waals surface area (Å²) in [7, 11) is 0. The van der Waals surface area contributed by atoms with Crippen LogP contribution in [-0.4, -0.2) is 5.54 Å². The maximum Gasteiger partial charge on any atom is 0.0194 e. The maximum absolute atomic E-state index is 6.61. The van der Waals surface area contributed by atoms with Crippen LogP contribution in [0.25, 0.3) is 0 Å². The molecule has 0 aliphatic heterocycles. The first kappa shape index (κ1) is 9.23. The molecule has 0 heterocycles. The Hall–Kier alpha value is -0.820. The van der Waals surface area contributed by atoms with Crippen LogP contribution in [0, 0.1) is 11.8 Å². The molecule has 0 saturated heterocycles. The van der Waals surface area contributed by atoms with Gasteiger partial charge in [0.25, 0.3) is 0 Å². The van der Waals surface area contributed by atoms with Gasteiger partial charge >= 0.3 is 0 Å². The maximum atomic E-state index is 6.61. The van der Waals surface area contributed by atoms with E-state index in [4.69, 9.17) is 5.73 Å². The molecule has 0 amide bonds. The lowest BCUT2D eigenvalue weighted by Gasteiger charge is -2.40. The zero-order valence-corrected chi connectivity index (χ0v) is 9.65. The molecule has 4 bridgehead atoms. The van der Waals surface area contributed by atoms with Crippen LogP contribution in [0.15, 0.2) is 30.3 Å². The zero-order valence-electron chi connectivity index (χ0n) is 9.65. The van der Waals surface area contributed by atoms with Crippen molar-refractivity contribution in [2.75, 3.05) is 0 Å². The van der Waals surface area contributed by atoms with E-state index in [2.05, 4.69) is 30.3 Å². The molecule has 1 heteroatoms. The van der Waals surface area contributed by atoms with E-state index in [0.717, 1.165) is 11.8 Å². The van der Waals surface area contributed by atoms with Crippen molar-refractivity contribution in [2.24, 2.45) is 17.6 Å². The minimum absolute atomic E-state index is 0.193. The van der Waals surface area contributed by atoms with E-state index in [-0.39, 0.29) is 5.54 Å². The quantitative estimate of drug-likeness (QED) is 0.762. The molecule has 2 N–H and O–H groups in total. The van der Waals surface area contributed by atoms with Crippen LogP contribution in [0.2, 0.25) is 0 Å². The van der Waals surface area contributed by atoms with E-state index in [1.165, 1.54) is 32.1 Å². The van der Waals surface area contributed by atoms with Crippen molar-refractivity contribution in [3.8, 4) is 0 Å². The van der Waals surface area contributed by atoms with Crippen molar-refractivity contribution < 1.29 is 0 Å². The van der Waals surface area contributed by atoms with E-state index in [0.29, 0.717) is 5.41 Å². The molecule has 1 aromatic carbocycles. The zero-order chi connectivity index (χ0) is 10.8. The average Bonchev–Trinajstić information content (AvgIpc) is 2.62. The van der Waals surface area contributed by atoms with Crippen LogP contribution in [0.4, 0.5) is 0 Å². The normalized spacial score (nSPS) is 48.8. The Morgan fingerprint density at radius 2 is 1.88 bits per heavy atom. The number of hydrogen-bond acceptors (Lipinski definition) is 1. The number of nitrogens with two attached hydrogens (primary N) is 1. The molecule has 4 fully saturated rings. The summed E-state index contributed by atoms with van der Waals surface area (Å²) in [6.07, 6.45) is 6.69. The monoisotopic (exact) mass is 213 g/mol. The van der Waals surface area contributed by atoms with E-state index in [9.17, 15) is 0 Å². The average molecular weight is 213 g/mol. The fourth-order valence-electron chi connectivity index (χ4n) is 5.09. The largest absolute Gasteiger partial charge is 0.325 e. The molecule has 4 aliphatic carbocycles. The number of hydrogen-bond donors (Lipinski definition) is 1. The summed E-state index contributed by atoms with van der Waals surface area (Å²) in [4.78, 5) is 0. The lowest BCUT2D eigenvalue weighted by molar-refractivity contribution is 0.221. The van der Waals surface area contributed by atoms with E-state index in [1.54, 1.807) is 5.56 Å². The van der Waals surface area contributed by atoms with Gasteiger partial charge in [0, 0.05) is 5.54 Å². The summed E-state index contributed by atoms with van der Waals surface area (Å²) < 4.78 is 0. The van der Waals surface area contributed by atoms with Crippen molar-refractivity contribution in [3.63, 3.8) is 0 Å². The Bertz CT molecular complexity index is 426. The predicted octanol–water partition coefficient (Wildman–Crippen LogP) is 2.85.